The molecule has 0 saturated heterocycles. The lowest BCUT2D eigenvalue weighted by atomic mass is 10.1. The van der Waals surface area contributed by atoms with Crippen LogP contribution in [-0.2, 0) is 15.8 Å². The van der Waals surface area contributed by atoms with Crippen LogP contribution in [0, 0.1) is 0 Å². The van der Waals surface area contributed by atoms with Crippen molar-refractivity contribution in [3.8, 4) is 28.5 Å². The van der Waals surface area contributed by atoms with Gasteiger partial charge in [-0.1, -0.05) is 72.4 Å². The van der Waals surface area contributed by atoms with Crippen LogP contribution >= 0.6 is 11.8 Å². The molecule has 0 unspecified atom stereocenters. The van der Waals surface area contributed by atoms with E-state index in [-0.39, 0.29) is 4.90 Å². The molecule has 0 aliphatic heterocycles. The predicted octanol–water partition coefficient (Wildman–Crippen LogP) is 4.53. The Hall–Kier alpha value is -3.73. The fraction of sp³-hybridized carbons (Fsp3) is 0.0417. The average molecular weight is 490 g/mol. The lowest BCUT2D eigenvalue weighted by molar-refractivity contribution is 0.464. The molecule has 10 heteroatoms. The number of nitrogens with two attached hydrogens (primary N) is 1. The summed E-state index contributed by atoms with van der Waals surface area (Å²) < 4.78 is 30.8. The molecule has 0 radical (unpaired) electrons. The van der Waals surface area contributed by atoms with Crippen molar-refractivity contribution in [2.75, 3.05) is 0 Å². The number of benzene rings is 3. The van der Waals surface area contributed by atoms with Crippen LogP contribution in [0.1, 0.15) is 5.56 Å². The van der Waals surface area contributed by atoms with Gasteiger partial charge in [0.15, 0.2) is 5.69 Å². The van der Waals surface area contributed by atoms with Gasteiger partial charge in [-0.3, -0.25) is 0 Å². The Labute approximate surface area is 200 Å². The summed E-state index contributed by atoms with van der Waals surface area (Å²) in [5.74, 6) is 1.01. The molecule has 0 amide bonds. The summed E-state index contributed by atoms with van der Waals surface area (Å²) in [4.78, 5) is 0.0295. The molecule has 170 valence electrons. The summed E-state index contributed by atoms with van der Waals surface area (Å²) in [5, 5.41) is 18.7. The zero-order chi connectivity index (χ0) is 23.5. The third kappa shape index (κ3) is 4.79. The fourth-order valence-electron chi connectivity index (χ4n) is 3.36. The molecule has 3 aromatic carbocycles. The SMILES string of the molecule is NS(=O)(=O)c1ccc(-n2nc(-c3nnc(SCc4ccccc4)o3)cc2-c2ccccc2)cc1. The van der Waals surface area contributed by atoms with Gasteiger partial charge in [-0.05, 0) is 35.9 Å². The van der Waals surface area contributed by atoms with E-state index in [0.717, 1.165) is 16.8 Å². The molecular formula is C24H19N5O3S2. The average Bonchev–Trinajstić information content (AvgIpc) is 3.51. The van der Waals surface area contributed by atoms with Crippen molar-refractivity contribution < 1.29 is 12.8 Å². The third-order valence-corrected chi connectivity index (χ3v) is 6.84. The van der Waals surface area contributed by atoms with Crippen molar-refractivity contribution in [2.24, 2.45) is 5.14 Å². The second-order valence-corrected chi connectivity index (χ2v) is 9.87. The van der Waals surface area contributed by atoms with Crippen molar-refractivity contribution in [1.29, 1.82) is 0 Å². The highest BCUT2D eigenvalue weighted by atomic mass is 32.2. The van der Waals surface area contributed by atoms with Crippen molar-refractivity contribution >= 4 is 21.8 Å². The van der Waals surface area contributed by atoms with Crippen LogP contribution in [0.15, 0.2) is 106 Å². The summed E-state index contributed by atoms with van der Waals surface area (Å²) >= 11 is 1.45. The van der Waals surface area contributed by atoms with Crippen molar-refractivity contribution in [3.63, 3.8) is 0 Å². The van der Waals surface area contributed by atoms with Gasteiger partial charge >= 0.3 is 0 Å². The van der Waals surface area contributed by atoms with Crippen LogP contribution < -0.4 is 5.14 Å². The molecule has 0 spiro atoms. The molecule has 2 N–H and O–H groups in total. The second kappa shape index (κ2) is 9.26. The first-order valence-corrected chi connectivity index (χ1v) is 12.8. The topological polar surface area (TPSA) is 117 Å². The van der Waals surface area contributed by atoms with E-state index in [2.05, 4.69) is 15.3 Å². The summed E-state index contributed by atoms with van der Waals surface area (Å²) in [7, 11) is -3.79. The Morgan fingerprint density at radius 1 is 0.882 bits per heavy atom. The molecule has 2 heterocycles. The number of rotatable bonds is 7. The van der Waals surface area contributed by atoms with E-state index in [1.807, 2.05) is 66.7 Å². The highest BCUT2D eigenvalue weighted by Crippen LogP contribution is 2.30. The maximum atomic E-state index is 11.6. The minimum absolute atomic E-state index is 0.0295. The van der Waals surface area contributed by atoms with E-state index in [0.29, 0.717) is 28.2 Å². The largest absolute Gasteiger partial charge is 0.410 e. The molecule has 0 aliphatic carbocycles. The number of sulfonamides is 1. The van der Waals surface area contributed by atoms with E-state index in [1.54, 1.807) is 16.8 Å². The number of nitrogens with zero attached hydrogens (tertiary/aromatic N) is 4. The molecule has 0 saturated carbocycles. The minimum atomic E-state index is -3.79. The molecule has 2 aromatic heterocycles. The summed E-state index contributed by atoms with van der Waals surface area (Å²) in [6.45, 7) is 0. The maximum absolute atomic E-state index is 11.6. The molecule has 0 atom stereocenters. The number of hydrogen-bond acceptors (Lipinski definition) is 7. The normalized spacial score (nSPS) is 11.6. The minimum Gasteiger partial charge on any atom is -0.410 e. The van der Waals surface area contributed by atoms with Crippen LogP contribution in [0.4, 0.5) is 0 Å². The number of primary sulfonamides is 1. The lowest BCUT2D eigenvalue weighted by Gasteiger charge is -2.08. The molecule has 5 aromatic rings. The van der Waals surface area contributed by atoms with E-state index in [4.69, 9.17) is 9.56 Å². The molecule has 0 fully saturated rings. The van der Waals surface area contributed by atoms with Crippen LogP contribution in [0.25, 0.3) is 28.5 Å². The number of thioether (sulfide) groups is 1. The van der Waals surface area contributed by atoms with Gasteiger partial charge in [-0.15, -0.1) is 10.2 Å². The van der Waals surface area contributed by atoms with Crippen LogP contribution in [0.2, 0.25) is 0 Å². The molecular weight excluding hydrogens is 470 g/mol. The zero-order valence-electron chi connectivity index (χ0n) is 17.8. The lowest BCUT2D eigenvalue weighted by Crippen LogP contribution is -2.12. The summed E-state index contributed by atoms with van der Waals surface area (Å²) in [5.41, 5.74) is 4.04. The van der Waals surface area contributed by atoms with E-state index in [9.17, 15) is 8.42 Å². The van der Waals surface area contributed by atoms with Crippen LogP contribution in [0.5, 0.6) is 0 Å². The van der Waals surface area contributed by atoms with Gasteiger partial charge in [-0.25, -0.2) is 18.2 Å². The van der Waals surface area contributed by atoms with Gasteiger partial charge in [0, 0.05) is 11.3 Å². The van der Waals surface area contributed by atoms with E-state index in [1.165, 1.54) is 23.9 Å². The Morgan fingerprint density at radius 2 is 1.56 bits per heavy atom. The first-order valence-electron chi connectivity index (χ1n) is 10.3. The highest BCUT2D eigenvalue weighted by molar-refractivity contribution is 7.98. The second-order valence-electron chi connectivity index (χ2n) is 7.38. The quantitative estimate of drug-likeness (QED) is 0.334. The Morgan fingerprint density at radius 3 is 2.24 bits per heavy atom. The fourth-order valence-corrected chi connectivity index (χ4v) is 4.60. The van der Waals surface area contributed by atoms with Crippen molar-refractivity contribution in [3.05, 3.63) is 96.6 Å². The smallest absolute Gasteiger partial charge is 0.277 e. The van der Waals surface area contributed by atoms with Gasteiger partial charge < -0.3 is 4.42 Å². The Balaban J connectivity index is 1.48. The van der Waals surface area contributed by atoms with Gasteiger partial charge in [-0.2, -0.15) is 5.10 Å². The van der Waals surface area contributed by atoms with Gasteiger partial charge in [0.1, 0.15) is 0 Å². The van der Waals surface area contributed by atoms with E-state index >= 15 is 0 Å². The maximum Gasteiger partial charge on any atom is 0.277 e. The molecule has 8 nitrogen and oxygen atoms in total. The van der Waals surface area contributed by atoms with Gasteiger partial charge in [0.25, 0.3) is 11.1 Å². The molecule has 5 rings (SSSR count). The predicted molar refractivity (Wildman–Crippen MR) is 130 cm³/mol. The van der Waals surface area contributed by atoms with Crippen LogP contribution in [-0.4, -0.2) is 28.4 Å². The molecule has 0 aliphatic rings. The first-order chi connectivity index (χ1) is 16.5. The summed E-state index contributed by atoms with van der Waals surface area (Å²) in [6.07, 6.45) is 0. The van der Waals surface area contributed by atoms with Gasteiger partial charge in [0.05, 0.1) is 16.3 Å². The van der Waals surface area contributed by atoms with E-state index < -0.39 is 10.0 Å². The zero-order valence-corrected chi connectivity index (χ0v) is 19.4. The number of hydrogen-bond donors (Lipinski definition) is 1. The Kier molecular flexibility index (Phi) is 6.01. The van der Waals surface area contributed by atoms with Crippen LogP contribution in [0.3, 0.4) is 0 Å². The first kappa shape index (κ1) is 22.1. The molecule has 34 heavy (non-hydrogen) atoms. The summed E-state index contributed by atoms with van der Waals surface area (Å²) in [6, 6.07) is 27.8. The standard InChI is InChI=1S/C24H19N5O3S2/c25-34(30,31)20-13-11-19(12-14-20)29-22(18-9-5-2-6-10-18)15-21(28-29)23-26-27-24(32-23)33-16-17-7-3-1-4-8-17/h1-15H,16H2,(H2,25,30,31). The van der Waals surface area contributed by atoms with Crippen molar-refractivity contribution in [1.82, 2.24) is 20.0 Å². The van der Waals surface area contributed by atoms with Crippen molar-refractivity contribution in [2.45, 2.75) is 15.9 Å². The molecule has 0 bridgehead atoms. The third-order valence-electron chi connectivity index (χ3n) is 5.02. The number of aromatic nitrogens is 4. The monoisotopic (exact) mass is 489 g/mol. The van der Waals surface area contributed by atoms with Gasteiger partial charge in [0.2, 0.25) is 10.0 Å². The highest BCUT2D eigenvalue weighted by Gasteiger charge is 2.18. The Bertz CT molecular complexity index is 1510.